The van der Waals surface area contributed by atoms with Crippen LogP contribution in [-0.2, 0) is 4.79 Å². The van der Waals surface area contributed by atoms with Gasteiger partial charge in [0.05, 0.1) is 11.6 Å². The number of nitrogens with zero attached hydrogens (tertiary/aromatic N) is 2. The molecule has 2 aromatic carbocycles. The lowest BCUT2D eigenvalue weighted by Gasteiger charge is -2.30. The van der Waals surface area contributed by atoms with Gasteiger partial charge in [0.2, 0.25) is 0 Å². The summed E-state index contributed by atoms with van der Waals surface area (Å²) in [4.78, 5) is 14.5. The lowest BCUT2D eigenvalue weighted by atomic mass is 10.0. The smallest absolute Gasteiger partial charge is 0.258 e. The van der Waals surface area contributed by atoms with Crippen molar-refractivity contribution in [3.05, 3.63) is 64.7 Å². The number of para-hydroxylation sites is 1. The number of rotatable bonds is 9. The van der Waals surface area contributed by atoms with Gasteiger partial charge >= 0.3 is 0 Å². The van der Waals surface area contributed by atoms with Gasteiger partial charge in [0.15, 0.2) is 6.61 Å². The van der Waals surface area contributed by atoms with Gasteiger partial charge in [0.25, 0.3) is 5.91 Å². The Morgan fingerprint density at radius 1 is 1.19 bits per heavy atom. The molecule has 2 aromatic rings. The van der Waals surface area contributed by atoms with Crippen LogP contribution >= 0.6 is 11.6 Å². The fraction of sp³-hybridized carbons (Fsp3) is 0.333. The molecule has 1 amide bonds. The molecule has 0 radical (unpaired) electrons. The van der Waals surface area contributed by atoms with E-state index in [0.717, 1.165) is 18.7 Å². The summed E-state index contributed by atoms with van der Waals surface area (Å²) in [7, 11) is 0. The van der Waals surface area contributed by atoms with Gasteiger partial charge in [-0.2, -0.15) is 5.26 Å². The van der Waals surface area contributed by atoms with Crippen molar-refractivity contribution >= 4 is 17.5 Å². The molecule has 1 N–H and O–H groups in total. The molecule has 1 unspecified atom stereocenters. The van der Waals surface area contributed by atoms with E-state index in [1.165, 1.54) is 0 Å². The summed E-state index contributed by atoms with van der Waals surface area (Å²) >= 11 is 6.37. The van der Waals surface area contributed by atoms with Crippen LogP contribution in [0.2, 0.25) is 5.02 Å². The van der Waals surface area contributed by atoms with Crippen molar-refractivity contribution in [2.45, 2.75) is 19.9 Å². The SMILES string of the molecule is CCN(CC)C(CNC(=O)COc1ccccc1C#N)c1ccccc1Cl. The molecule has 0 bridgehead atoms. The Kier molecular flexibility index (Phi) is 8.12. The number of likely N-dealkylation sites (N-methyl/N-ethyl adjacent to an activating group) is 1. The van der Waals surface area contributed by atoms with Crippen molar-refractivity contribution in [3.8, 4) is 11.8 Å². The molecule has 0 fully saturated rings. The first-order chi connectivity index (χ1) is 13.1. The number of hydrogen-bond acceptors (Lipinski definition) is 4. The highest BCUT2D eigenvalue weighted by molar-refractivity contribution is 6.31. The first-order valence-corrected chi connectivity index (χ1v) is 9.35. The van der Waals surface area contributed by atoms with E-state index in [1.54, 1.807) is 24.3 Å². The van der Waals surface area contributed by atoms with E-state index in [0.29, 0.717) is 22.9 Å². The second kappa shape index (κ2) is 10.6. The monoisotopic (exact) mass is 385 g/mol. The fourth-order valence-corrected chi connectivity index (χ4v) is 3.20. The van der Waals surface area contributed by atoms with Crippen molar-refractivity contribution in [3.63, 3.8) is 0 Å². The van der Waals surface area contributed by atoms with Crippen LogP contribution < -0.4 is 10.1 Å². The molecule has 0 aliphatic heterocycles. The molecule has 0 saturated carbocycles. The highest BCUT2D eigenvalue weighted by Crippen LogP contribution is 2.27. The van der Waals surface area contributed by atoms with Gasteiger partial charge in [-0.3, -0.25) is 9.69 Å². The predicted molar refractivity (Wildman–Crippen MR) is 107 cm³/mol. The number of nitriles is 1. The van der Waals surface area contributed by atoms with Crippen molar-refractivity contribution < 1.29 is 9.53 Å². The second-order valence-electron chi connectivity index (χ2n) is 5.96. The van der Waals surface area contributed by atoms with Crippen LogP contribution in [0.15, 0.2) is 48.5 Å². The zero-order valence-electron chi connectivity index (χ0n) is 15.6. The Hall–Kier alpha value is -2.55. The van der Waals surface area contributed by atoms with Crippen LogP contribution in [0.4, 0.5) is 0 Å². The molecule has 142 valence electrons. The number of carbonyl (C=O) groups is 1. The molecule has 1 atom stereocenters. The minimum Gasteiger partial charge on any atom is -0.482 e. The van der Waals surface area contributed by atoms with Gasteiger partial charge in [-0.1, -0.05) is 55.8 Å². The van der Waals surface area contributed by atoms with E-state index < -0.39 is 0 Å². The molecule has 0 aromatic heterocycles. The maximum Gasteiger partial charge on any atom is 0.258 e. The zero-order chi connectivity index (χ0) is 19.6. The number of hydrogen-bond donors (Lipinski definition) is 1. The third-order valence-corrected chi connectivity index (χ3v) is 4.72. The molecule has 27 heavy (non-hydrogen) atoms. The van der Waals surface area contributed by atoms with E-state index in [1.807, 2.05) is 30.3 Å². The average Bonchev–Trinajstić information content (AvgIpc) is 2.70. The minimum atomic E-state index is -0.244. The number of amides is 1. The van der Waals surface area contributed by atoms with Crippen LogP contribution in [-0.4, -0.2) is 37.0 Å². The van der Waals surface area contributed by atoms with Gasteiger partial charge in [-0.15, -0.1) is 0 Å². The minimum absolute atomic E-state index is 0.0240. The second-order valence-corrected chi connectivity index (χ2v) is 6.37. The van der Waals surface area contributed by atoms with Gasteiger partial charge in [0.1, 0.15) is 11.8 Å². The number of ether oxygens (including phenoxy) is 1. The summed E-state index contributed by atoms with van der Waals surface area (Å²) in [5, 5.41) is 12.7. The number of benzene rings is 2. The van der Waals surface area contributed by atoms with Gasteiger partial charge in [0, 0.05) is 11.6 Å². The molecular weight excluding hydrogens is 362 g/mol. The third-order valence-electron chi connectivity index (χ3n) is 4.38. The summed E-state index contributed by atoms with van der Waals surface area (Å²) < 4.78 is 5.49. The molecule has 6 heteroatoms. The molecule has 2 rings (SSSR count). The summed E-state index contributed by atoms with van der Waals surface area (Å²) in [6.07, 6.45) is 0. The third kappa shape index (κ3) is 5.72. The lowest BCUT2D eigenvalue weighted by molar-refractivity contribution is -0.123. The summed E-state index contributed by atoms with van der Waals surface area (Å²) in [5.41, 5.74) is 1.39. The van der Waals surface area contributed by atoms with Gasteiger partial charge in [-0.25, -0.2) is 0 Å². The van der Waals surface area contributed by atoms with E-state index in [2.05, 4.69) is 24.1 Å². The Morgan fingerprint density at radius 2 is 1.85 bits per heavy atom. The maximum atomic E-state index is 12.3. The summed E-state index contributed by atoms with van der Waals surface area (Å²) in [6.45, 7) is 6.12. The molecular formula is C21H24ClN3O2. The molecule has 0 heterocycles. The van der Waals surface area contributed by atoms with Crippen LogP contribution in [0.25, 0.3) is 0 Å². The molecule has 0 aliphatic carbocycles. The highest BCUT2D eigenvalue weighted by atomic mass is 35.5. The zero-order valence-corrected chi connectivity index (χ0v) is 16.4. The fourth-order valence-electron chi connectivity index (χ4n) is 2.94. The maximum absolute atomic E-state index is 12.3. The number of carbonyl (C=O) groups excluding carboxylic acids is 1. The first kappa shape index (κ1) is 20.8. The van der Waals surface area contributed by atoms with Crippen LogP contribution in [0.1, 0.15) is 31.0 Å². The van der Waals surface area contributed by atoms with Crippen molar-refractivity contribution in [1.82, 2.24) is 10.2 Å². The largest absolute Gasteiger partial charge is 0.482 e. The van der Waals surface area contributed by atoms with Crippen LogP contribution in [0.3, 0.4) is 0 Å². The number of nitrogens with one attached hydrogen (secondary N) is 1. The lowest BCUT2D eigenvalue weighted by Crippen LogP contribution is -2.39. The van der Waals surface area contributed by atoms with Gasteiger partial charge < -0.3 is 10.1 Å². The van der Waals surface area contributed by atoms with E-state index in [9.17, 15) is 4.79 Å². The quantitative estimate of drug-likeness (QED) is 0.713. The predicted octanol–water partition coefficient (Wildman–Crippen LogP) is 3.79. The topological polar surface area (TPSA) is 65.4 Å². The summed E-state index contributed by atoms with van der Waals surface area (Å²) in [5.74, 6) is 0.161. The van der Waals surface area contributed by atoms with Gasteiger partial charge in [-0.05, 0) is 36.9 Å². The molecule has 0 spiro atoms. The Balaban J connectivity index is 2.01. The molecule has 5 nitrogen and oxygen atoms in total. The Labute approximate surface area is 165 Å². The van der Waals surface area contributed by atoms with E-state index in [4.69, 9.17) is 21.6 Å². The Morgan fingerprint density at radius 3 is 2.52 bits per heavy atom. The van der Waals surface area contributed by atoms with Crippen molar-refractivity contribution in [2.24, 2.45) is 0 Å². The molecule has 0 saturated heterocycles. The van der Waals surface area contributed by atoms with E-state index in [-0.39, 0.29) is 18.6 Å². The average molecular weight is 386 g/mol. The highest BCUT2D eigenvalue weighted by Gasteiger charge is 2.21. The van der Waals surface area contributed by atoms with Crippen molar-refractivity contribution in [2.75, 3.05) is 26.2 Å². The summed E-state index contributed by atoms with van der Waals surface area (Å²) in [6, 6.07) is 16.6. The first-order valence-electron chi connectivity index (χ1n) is 8.97. The van der Waals surface area contributed by atoms with Crippen LogP contribution in [0, 0.1) is 11.3 Å². The number of halogens is 1. The van der Waals surface area contributed by atoms with Crippen molar-refractivity contribution in [1.29, 1.82) is 5.26 Å². The van der Waals surface area contributed by atoms with Crippen LogP contribution in [0.5, 0.6) is 5.75 Å². The standard InChI is InChI=1S/C21H24ClN3O2/c1-3-25(4-2)19(17-10-6-7-11-18(17)22)14-24-21(26)15-27-20-12-8-5-9-16(20)13-23/h5-12,19H,3-4,14-15H2,1-2H3,(H,24,26). The Bertz CT molecular complexity index is 800. The normalized spacial score (nSPS) is 11.7. The molecule has 0 aliphatic rings. The van der Waals surface area contributed by atoms with E-state index >= 15 is 0 Å².